The third kappa shape index (κ3) is 3.95. The lowest BCUT2D eigenvalue weighted by Crippen LogP contribution is -2.43. The Hall–Kier alpha value is -2.09. The molecule has 8 heteroatoms. The van der Waals surface area contributed by atoms with Crippen molar-refractivity contribution in [2.75, 3.05) is 18.9 Å². The lowest BCUT2D eigenvalue weighted by Gasteiger charge is -2.14. The summed E-state index contributed by atoms with van der Waals surface area (Å²) in [5.41, 5.74) is -0.470. The molecule has 1 aromatic rings. The molecule has 0 radical (unpaired) electrons. The van der Waals surface area contributed by atoms with Gasteiger partial charge in [0.25, 0.3) is 0 Å². The van der Waals surface area contributed by atoms with Gasteiger partial charge in [-0.25, -0.2) is 13.2 Å². The van der Waals surface area contributed by atoms with Crippen LogP contribution < -0.4 is 16.0 Å². The number of carbonyl (C=O) groups is 2. The van der Waals surface area contributed by atoms with Crippen molar-refractivity contribution < 1.29 is 22.8 Å². The van der Waals surface area contributed by atoms with Crippen molar-refractivity contribution in [3.05, 3.63) is 29.6 Å². The minimum atomic E-state index is -1.66. The average molecular weight is 289 g/mol. The first-order valence-electron chi connectivity index (χ1n) is 5.75. The second kappa shape index (κ2) is 6.90. The summed E-state index contributed by atoms with van der Waals surface area (Å²) in [4.78, 5) is 22.7. The molecular formula is C12H14F3N3O2. The van der Waals surface area contributed by atoms with Gasteiger partial charge in [0.15, 0.2) is 17.5 Å². The number of nitrogens with one attached hydrogen (secondary N) is 3. The number of rotatable bonds is 5. The fourth-order valence-electron chi connectivity index (χ4n) is 1.29. The van der Waals surface area contributed by atoms with E-state index in [1.54, 1.807) is 0 Å². The van der Waals surface area contributed by atoms with Gasteiger partial charge >= 0.3 is 0 Å². The zero-order valence-corrected chi connectivity index (χ0v) is 10.9. The molecule has 110 valence electrons. The second-order valence-corrected chi connectivity index (χ2v) is 3.99. The zero-order chi connectivity index (χ0) is 15.3. The fraction of sp³-hybridized carbons (Fsp3) is 0.333. The van der Waals surface area contributed by atoms with E-state index in [1.807, 2.05) is 0 Å². The Morgan fingerprint density at radius 3 is 2.45 bits per heavy atom. The maximum Gasteiger partial charge on any atom is 0.241 e. The molecule has 0 heterocycles. The van der Waals surface area contributed by atoms with E-state index in [-0.39, 0.29) is 12.5 Å². The van der Waals surface area contributed by atoms with Gasteiger partial charge in [0, 0.05) is 7.05 Å². The first-order valence-corrected chi connectivity index (χ1v) is 5.75. The van der Waals surface area contributed by atoms with Crippen LogP contribution in [0.4, 0.5) is 18.9 Å². The molecule has 5 nitrogen and oxygen atoms in total. The van der Waals surface area contributed by atoms with Gasteiger partial charge in [-0.1, -0.05) is 0 Å². The molecule has 1 rings (SSSR count). The number of amides is 2. The SMILES string of the molecule is CNC(=O)CN[C@H](C)C(=O)Nc1ccc(F)c(F)c1F. The Bertz CT molecular complexity index is 523. The number of hydrogen-bond donors (Lipinski definition) is 3. The van der Waals surface area contributed by atoms with Crippen LogP contribution in [-0.4, -0.2) is 31.4 Å². The third-order valence-electron chi connectivity index (χ3n) is 2.53. The molecule has 20 heavy (non-hydrogen) atoms. The summed E-state index contributed by atoms with van der Waals surface area (Å²) in [6.07, 6.45) is 0. The Morgan fingerprint density at radius 1 is 1.20 bits per heavy atom. The normalized spacial score (nSPS) is 11.8. The maximum absolute atomic E-state index is 13.3. The van der Waals surface area contributed by atoms with E-state index in [9.17, 15) is 22.8 Å². The summed E-state index contributed by atoms with van der Waals surface area (Å²) in [7, 11) is 1.44. The van der Waals surface area contributed by atoms with Gasteiger partial charge in [0.1, 0.15) is 0 Å². The average Bonchev–Trinajstić information content (AvgIpc) is 2.44. The summed E-state index contributed by atoms with van der Waals surface area (Å²) in [6.45, 7) is 1.33. The van der Waals surface area contributed by atoms with E-state index < -0.39 is 35.1 Å². The maximum atomic E-state index is 13.3. The summed E-state index contributed by atoms with van der Waals surface area (Å²) in [6, 6.07) is 0.799. The van der Waals surface area contributed by atoms with Crippen molar-refractivity contribution in [1.29, 1.82) is 0 Å². The monoisotopic (exact) mass is 289 g/mol. The molecule has 1 aromatic carbocycles. The molecule has 0 spiro atoms. The number of halogens is 3. The van der Waals surface area contributed by atoms with Crippen LogP contribution in [0.3, 0.4) is 0 Å². The zero-order valence-electron chi connectivity index (χ0n) is 10.9. The standard InChI is InChI=1S/C12H14F3N3O2/c1-6(17-5-9(19)16-2)12(20)18-8-4-3-7(13)10(14)11(8)15/h3-4,6,17H,5H2,1-2H3,(H,16,19)(H,18,20)/t6-/m1/s1. The van der Waals surface area contributed by atoms with Crippen LogP contribution in [0.2, 0.25) is 0 Å². The highest BCUT2D eigenvalue weighted by Crippen LogP contribution is 2.19. The van der Waals surface area contributed by atoms with Gasteiger partial charge in [0.05, 0.1) is 18.3 Å². The molecule has 0 aliphatic heterocycles. The van der Waals surface area contributed by atoms with Gasteiger partial charge in [-0.2, -0.15) is 0 Å². The van der Waals surface area contributed by atoms with Gasteiger partial charge in [0.2, 0.25) is 11.8 Å². The molecule has 2 amide bonds. The van der Waals surface area contributed by atoms with E-state index in [2.05, 4.69) is 16.0 Å². The highest BCUT2D eigenvalue weighted by molar-refractivity contribution is 5.95. The molecule has 0 bridgehead atoms. The number of benzene rings is 1. The number of anilines is 1. The molecule has 3 N–H and O–H groups in total. The Kier molecular flexibility index (Phi) is 5.51. The summed E-state index contributed by atoms with van der Waals surface area (Å²) in [5, 5.41) is 7.04. The van der Waals surface area contributed by atoms with E-state index in [4.69, 9.17) is 0 Å². The van der Waals surface area contributed by atoms with Crippen molar-refractivity contribution in [3.63, 3.8) is 0 Å². The lowest BCUT2D eigenvalue weighted by molar-refractivity contribution is -0.120. The van der Waals surface area contributed by atoms with Gasteiger partial charge in [-0.3, -0.25) is 14.9 Å². The van der Waals surface area contributed by atoms with Crippen molar-refractivity contribution in [2.45, 2.75) is 13.0 Å². The molecule has 0 saturated carbocycles. The molecule has 0 unspecified atom stereocenters. The van der Waals surface area contributed by atoms with E-state index >= 15 is 0 Å². The number of likely N-dealkylation sites (N-methyl/N-ethyl adjacent to an activating group) is 1. The predicted octanol–water partition coefficient (Wildman–Crippen LogP) is 0.766. The Balaban J connectivity index is 2.66. The molecule has 0 saturated heterocycles. The summed E-state index contributed by atoms with van der Waals surface area (Å²) >= 11 is 0. The third-order valence-corrected chi connectivity index (χ3v) is 2.53. The fourth-order valence-corrected chi connectivity index (χ4v) is 1.29. The van der Waals surface area contributed by atoms with Crippen molar-refractivity contribution in [2.24, 2.45) is 0 Å². The highest BCUT2D eigenvalue weighted by atomic mass is 19.2. The number of carbonyl (C=O) groups excluding carboxylic acids is 2. The molecular weight excluding hydrogens is 275 g/mol. The smallest absolute Gasteiger partial charge is 0.241 e. The van der Waals surface area contributed by atoms with Crippen molar-refractivity contribution >= 4 is 17.5 Å². The lowest BCUT2D eigenvalue weighted by atomic mass is 10.2. The minimum Gasteiger partial charge on any atom is -0.358 e. The first-order chi connectivity index (χ1) is 9.36. The van der Waals surface area contributed by atoms with Crippen LogP contribution >= 0.6 is 0 Å². The molecule has 0 aromatic heterocycles. The van der Waals surface area contributed by atoms with Gasteiger partial charge in [-0.15, -0.1) is 0 Å². The molecule has 1 atom stereocenters. The van der Waals surface area contributed by atoms with E-state index in [0.29, 0.717) is 6.07 Å². The summed E-state index contributed by atoms with van der Waals surface area (Å²) < 4.78 is 39.0. The van der Waals surface area contributed by atoms with E-state index in [1.165, 1.54) is 14.0 Å². The Morgan fingerprint density at radius 2 is 1.85 bits per heavy atom. The van der Waals surface area contributed by atoms with Gasteiger partial charge in [-0.05, 0) is 19.1 Å². The molecule has 0 aliphatic carbocycles. The first kappa shape index (κ1) is 16.0. The molecule has 0 aliphatic rings. The Labute approximate surface area is 113 Å². The summed E-state index contributed by atoms with van der Waals surface area (Å²) in [5.74, 6) is -5.49. The molecule has 0 fully saturated rings. The van der Waals surface area contributed by atoms with Crippen LogP contribution in [0.25, 0.3) is 0 Å². The van der Waals surface area contributed by atoms with E-state index in [0.717, 1.165) is 6.07 Å². The second-order valence-electron chi connectivity index (χ2n) is 3.99. The topological polar surface area (TPSA) is 70.2 Å². The van der Waals surface area contributed by atoms with Crippen LogP contribution in [0.5, 0.6) is 0 Å². The minimum absolute atomic E-state index is 0.106. The quantitative estimate of drug-likeness (QED) is 0.701. The van der Waals surface area contributed by atoms with Crippen LogP contribution in [-0.2, 0) is 9.59 Å². The van der Waals surface area contributed by atoms with Crippen LogP contribution in [0.1, 0.15) is 6.92 Å². The van der Waals surface area contributed by atoms with Crippen molar-refractivity contribution in [1.82, 2.24) is 10.6 Å². The van der Waals surface area contributed by atoms with Crippen molar-refractivity contribution in [3.8, 4) is 0 Å². The highest BCUT2D eigenvalue weighted by Gasteiger charge is 2.18. The largest absolute Gasteiger partial charge is 0.358 e. The number of hydrogen-bond acceptors (Lipinski definition) is 3. The van der Waals surface area contributed by atoms with Gasteiger partial charge < -0.3 is 10.6 Å². The predicted molar refractivity (Wildman–Crippen MR) is 66.5 cm³/mol. The van der Waals surface area contributed by atoms with Crippen LogP contribution in [0, 0.1) is 17.5 Å². The van der Waals surface area contributed by atoms with Crippen LogP contribution in [0.15, 0.2) is 12.1 Å².